The van der Waals surface area contributed by atoms with E-state index in [9.17, 15) is 9.59 Å². The summed E-state index contributed by atoms with van der Waals surface area (Å²) in [6, 6.07) is 17.1. The lowest BCUT2D eigenvalue weighted by molar-refractivity contribution is -0.125. The van der Waals surface area contributed by atoms with Gasteiger partial charge in [0.1, 0.15) is 18.7 Å². The summed E-state index contributed by atoms with van der Waals surface area (Å²) < 4.78 is 8.22. The quantitative estimate of drug-likeness (QED) is 0.104. The molecule has 8 nitrogen and oxygen atoms in total. The summed E-state index contributed by atoms with van der Waals surface area (Å²) in [5.41, 5.74) is 7.71. The number of ether oxygens (including phenoxy) is 1. The second-order valence-electron chi connectivity index (χ2n) is 14.5. The Hall–Kier alpha value is -4.34. The second-order valence-corrected chi connectivity index (χ2v) is 20.1. The van der Waals surface area contributed by atoms with Crippen LogP contribution in [0.2, 0.25) is 25.7 Å². The van der Waals surface area contributed by atoms with Crippen LogP contribution in [0, 0.1) is 0 Å². The van der Waals surface area contributed by atoms with Crippen molar-refractivity contribution in [1.29, 1.82) is 0 Å². The summed E-state index contributed by atoms with van der Waals surface area (Å²) in [5.74, 6) is -0.156. The number of nitrogens with zero attached hydrogens (tertiary/aromatic N) is 4. The van der Waals surface area contributed by atoms with Gasteiger partial charge >= 0.3 is 0 Å². The number of aromatic nitrogens is 3. The van der Waals surface area contributed by atoms with Gasteiger partial charge in [0.15, 0.2) is 0 Å². The molecule has 1 aliphatic heterocycles. The van der Waals surface area contributed by atoms with E-state index in [4.69, 9.17) is 14.7 Å². The minimum Gasteiger partial charge on any atom is -0.361 e. The van der Waals surface area contributed by atoms with E-state index in [1.807, 2.05) is 48.5 Å². The van der Waals surface area contributed by atoms with Crippen molar-refractivity contribution >= 4 is 36.5 Å². The van der Waals surface area contributed by atoms with E-state index in [1.165, 1.54) is 11.6 Å². The molecule has 0 saturated heterocycles. The summed E-state index contributed by atoms with van der Waals surface area (Å²) in [5, 5.41) is 4.01. The lowest BCUT2D eigenvalue weighted by Gasteiger charge is -2.25. The number of carbonyl (C=O) groups excluding carboxylic acids is 2. The highest BCUT2D eigenvalue weighted by molar-refractivity contribution is 6.76. The van der Waals surface area contributed by atoms with E-state index in [0.717, 1.165) is 51.5 Å². The fraction of sp³-hybridized carbons (Fsp3) is 0.368. The van der Waals surface area contributed by atoms with Gasteiger partial charge in [-0.1, -0.05) is 89.5 Å². The van der Waals surface area contributed by atoms with Gasteiger partial charge in [0.25, 0.3) is 5.91 Å². The standard InChI is InChI=1S/C38H47N5O3Si/c1-8-33(44)42-19-17-28(18-20-42)32-24-43(26-46-21-22-47(5,6)7)36-34(32)35(40-25-41-36)29-11-9-27(10-12-29)23-39-37(45)30-13-15-31(16-14-30)38(2,3)4/h8-17,24-25H,1,18-23,26H2,2-7H3,(H,39,45). The Bertz CT molecular complexity index is 1780. The maximum Gasteiger partial charge on any atom is 0.251 e. The smallest absolute Gasteiger partial charge is 0.251 e. The zero-order valence-corrected chi connectivity index (χ0v) is 29.6. The minimum atomic E-state index is -1.22. The number of nitrogens with one attached hydrogen (secondary N) is 1. The highest BCUT2D eigenvalue weighted by atomic mass is 28.3. The highest BCUT2D eigenvalue weighted by Gasteiger charge is 2.23. The topological polar surface area (TPSA) is 89.3 Å². The molecule has 246 valence electrons. The molecular weight excluding hydrogens is 603 g/mol. The summed E-state index contributed by atoms with van der Waals surface area (Å²) in [4.78, 5) is 36.4. The first-order valence-corrected chi connectivity index (χ1v) is 20.0. The van der Waals surface area contributed by atoms with E-state index in [2.05, 4.69) is 69.1 Å². The van der Waals surface area contributed by atoms with E-state index < -0.39 is 8.07 Å². The van der Waals surface area contributed by atoms with Gasteiger partial charge in [-0.3, -0.25) is 9.59 Å². The highest BCUT2D eigenvalue weighted by Crippen LogP contribution is 2.36. The summed E-state index contributed by atoms with van der Waals surface area (Å²) in [6.07, 6.45) is 7.94. The number of amides is 2. The first-order chi connectivity index (χ1) is 22.3. The molecule has 0 atom stereocenters. The van der Waals surface area contributed by atoms with Crippen molar-refractivity contribution in [3.8, 4) is 11.3 Å². The maximum absolute atomic E-state index is 12.9. The Morgan fingerprint density at radius 3 is 2.38 bits per heavy atom. The number of carbonyl (C=O) groups is 2. The molecule has 0 fully saturated rings. The fourth-order valence-electron chi connectivity index (χ4n) is 5.66. The zero-order valence-electron chi connectivity index (χ0n) is 28.6. The van der Waals surface area contributed by atoms with Crippen LogP contribution >= 0.6 is 0 Å². The van der Waals surface area contributed by atoms with Gasteiger partial charge in [0.2, 0.25) is 5.91 Å². The van der Waals surface area contributed by atoms with Crippen molar-refractivity contribution in [2.75, 3.05) is 19.7 Å². The normalized spacial score (nSPS) is 13.8. The van der Waals surface area contributed by atoms with E-state index in [-0.39, 0.29) is 17.2 Å². The molecule has 1 aliphatic rings. The molecule has 0 saturated carbocycles. The largest absolute Gasteiger partial charge is 0.361 e. The Kier molecular flexibility index (Phi) is 10.3. The zero-order chi connectivity index (χ0) is 33.8. The Morgan fingerprint density at radius 1 is 1.04 bits per heavy atom. The molecule has 4 aromatic rings. The monoisotopic (exact) mass is 649 g/mol. The van der Waals surface area contributed by atoms with Crippen LogP contribution in [0.4, 0.5) is 0 Å². The molecule has 47 heavy (non-hydrogen) atoms. The molecule has 0 bridgehead atoms. The summed E-state index contributed by atoms with van der Waals surface area (Å²) in [6.45, 7) is 19.9. The van der Waals surface area contributed by atoms with Crippen LogP contribution in [0.25, 0.3) is 27.9 Å². The minimum absolute atomic E-state index is 0.0386. The molecule has 0 aliphatic carbocycles. The van der Waals surface area contributed by atoms with Crippen molar-refractivity contribution in [2.24, 2.45) is 0 Å². The van der Waals surface area contributed by atoms with Crippen molar-refractivity contribution in [3.63, 3.8) is 0 Å². The first-order valence-electron chi connectivity index (χ1n) is 16.3. The lowest BCUT2D eigenvalue weighted by Crippen LogP contribution is -2.33. The average molecular weight is 650 g/mol. The molecule has 2 amide bonds. The number of rotatable bonds is 11. The Morgan fingerprint density at radius 2 is 1.77 bits per heavy atom. The molecule has 1 N–H and O–H groups in total. The van der Waals surface area contributed by atoms with Crippen molar-refractivity contribution < 1.29 is 14.3 Å². The number of hydrogen-bond donors (Lipinski definition) is 1. The third-order valence-electron chi connectivity index (χ3n) is 8.62. The van der Waals surface area contributed by atoms with Crippen LogP contribution in [-0.2, 0) is 28.2 Å². The van der Waals surface area contributed by atoms with Crippen LogP contribution in [0.3, 0.4) is 0 Å². The number of fused-ring (bicyclic) bond motifs is 1. The summed E-state index contributed by atoms with van der Waals surface area (Å²) >= 11 is 0. The van der Waals surface area contributed by atoms with Crippen LogP contribution in [0.1, 0.15) is 54.2 Å². The molecule has 3 heterocycles. The molecule has 0 unspecified atom stereocenters. The number of benzene rings is 2. The Balaban J connectivity index is 1.38. The van der Waals surface area contributed by atoms with Crippen LogP contribution in [-0.4, -0.2) is 59.0 Å². The SMILES string of the molecule is C=CC(=O)N1CC=C(c2cn(COCC[Si](C)(C)C)c3ncnc(-c4ccc(CNC(=O)c5ccc(C(C)(C)C)cc5)cc4)c23)CC1. The van der Waals surface area contributed by atoms with Gasteiger partial charge in [0, 0.05) is 57.2 Å². The molecule has 2 aromatic carbocycles. The molecular formula is C38H47N5O3Si. The van der Waals surface area contributed by atoms with Gasteiger partial charge < -0.3 is 19.5 Å². The third kappa shape index (κ3) is 8.33. The van der Waals surface area contributed by atoms with Gasteiger partial charge in [-0.05, 0) is 52.8 Å². The van der Waals surface area contributed by atoms with Crippen molar-refractivity contribution in [2.45, 2.75) is 71.6 Å². The van der Waals surface area contributed by atoms with Crippen molar-refractivity contribution in [1.82, 2.24) is 24.8 Å². The van der Waals surface area contributed by atoms with E-state index >= 15 is 0 Å². The van der Waals surface area contributed by atoms with Gasteiger partial charge in [-0.2, -0.15) is 0 Å². The molecule has 9 heteroatoms. The maximum atomic E-state index is 12.9. The first kappa shape index (κ1) is 34.0. The summed E-state index contributed by atoms with van der Waals surface area (Å²) in [7, 11) is -1.22. The Labute approximate surface area is 279 Å². The van der Waals surface area contributed by atoms with E-state index in [1.54, 1.807) is 11.2 Å². The van der Waals surface area contributed by atoms with Gasteiger partial charge in [0.05, 0.1) is 11.1 Å². The molecule has 0 spiro atoms. The van der Waals surface area contributed by atoms with E-state index in [0.29, 0.717) is 38.5 Å². The molecule has 5 rings (SSSR count). The second kappa shape index (κ2) is 14.2. The van der Waals surface area contributed by atoms with Crippen LogP contribution < -0.4 is 5.32 Å². The van der Waals surface area contributed by atoms with Crippen LogP contribution in [0.5, 0.6) is 0 Å². The lowest BCUT2D eigenvalue weighted by atomic mass is 9.87. The third-order valence-corrected chi connectivity index (χ3v) is 10.3. The molecule has 2 aromatic heterocycles. The molecule has 0 radical (unpaired) electrons. The average Bonchev–Trinajstić information content (AvgIpc) is 3.43. The predicted octanol–water partition coefficient (Wildman–Crippen LogP) is 7.44. The van der Waals surface area contributed by atoms with Crippen molar-refractivity contribution in [3.05, 3.63) is 102 Å². The van der Waals surface area contributed by atoms with Gasteiger partial charge in [-0.25, -0.2) is 9.97 Å². The fourth-order valence-corrected chi connectivity index (χ4v) is 6.41. The van der Waals surface area contributed by atoms with Crippen LogP contribution in [0.15, 0.2) is 79.8 Å². The number of hydrogen-bond acceptors (Lipinski definition) is 5. The van der Waals surface area contributed by atoms with Gasteiger partial charge in [-0.15, -0.1) is 0 Å². The predicted molar refractivity (Wildman–Crippen MR) is 193 cm³/mol.